The van der Waals surface area contributed by atoms with Crippen molar-refractivity contribution in [2.24, 2.45) is 0 Å². The van der Waals surface area contributed by atoms with Crippen LogP contribution >= 0.6 is 11.6 Å². The molecule has 0 amide bonds. The quantitative estimate of drug-likeness (QED) is 0.642. The van der Waals surface area contributed by atoms with E-state index in [1.807, 2.05) is 13.0 Å². The third-order valence-electron chi connectivity index (χ3n) is 2.47. The minimum atomic E-state index is 0.584. The van der Waals surface area contributed by atoms with Gasteiger partial charge in [-0.05, 0) is 31.9 Å². The third-order valence-corrected chi connectivity index (χ3v) is 2.68. The van der Waals surface area contributed by atoms with E-state index in [2.05, 4.69) is 16.0 Å². The van der Waals surface area contributed by atoms with Crippen molar-refractivity contribution in [3.05, 3.63) is 23.0 Å². The molecule has 0 aromatic carbocycles. The molecule has 2 nitrogen and oxygen atoms in total. The summed E-state index contributed by atoms with van der Waals surface area (Å²) in [6, 6.07) is 3.93. The molecule has 70 valence electrons. The van der Waals surface area contributed by atoms with Crippen molar-refractivity contribution in [3.8, 4) is 0 Å². The van der Waals surface area contributed by atoms with Crippen LogP contribution in [0.2, 0.25) is 5.15 Å². The van der Waals surface area contributed by atoms with E-state index >= 15 is 0 Å². The highest BCUT2D eigenvalue weighted by Crippen LogP contribution is 2.23. The van der Waals surface area contributed by atoms with Crippen LogP contribution in [0.5, 0.6) is 0 Å². The molecule has 1 aliphatic heterocycles. The van der Waals surface area contributed by atoms with Crippen molar-refractivity contribution in [2.45, 2.75) is 19.8 Å². The van der Waals surface area contributed by atoms with E-state index in [1.165, 1.54) is 18.5 Å². The molecule has 1 fully saturated rings. The van der Waals surface area contributed by atoms with Gasteiger partial charge in [-0.2, -0.15) is 0 Å². The van der Waals surface area contributed by atoms with Crippen LogP contribution in [0, 0.1) is 6.92 Å². The number of aromatic nitrogens is 1. The van der Waals surface area contributed by atoms with E-state index in [0.29, 0.717) is 5.15 Å². The molecule has 0 bridgehead atoms. The van der Waals surface area contributed by atoms with Gasteiger partial charge >= 0.3 is 0 Å². The third kappa shape index (κ3) is 1.78. The van der Waals surface area contributed by atoms with Crippen LogP contribution in [0.25, 0.3) is 0 Å². The lowest BCUT2D eigenvalue weighted by Crippen LogP contribution is -2.18. The van der Waals surface area contributed by atoms with Gasteiger partial charge in [0.2, 0.25) is 0 Å². The predicted molar refractivity (Wildman–Crippen MR) is 55.4 cm³/mol. The van der Waals surface area contributed by atoms with Gasteiger partial charge in [0.05, 0.1) is 11.4 Å². The second kappa shape index (κ2) is 3.54. The lowest BCUT2D eigenvalue weighted by molar-refractivity contribution is 0.949. The summed E-state index contributed by atoms with van der Waals surface area (Å²) in [5, 5.41) is 0.584. The van der Waals surface area contributed by atoms with Crippen LogP contribution in [0.4, 0.5) is 5.69 Å². The maximum Gasteiger partial charge on any atom is 0.129 e. The van der Waals surface area contributed by atoms with Crippen molar-refractivity contribution >= 4 is 17.3 Å². The average molecular weight is 197 g/mol. The molecule has 1 aromatic rings. The molecule has 0 spiro atoms. The molecule has 3 heteroatoms. The normalized spacial score (nSPS) is 16.6. The van der Waals surface area contributed by atoms with E-state index in [-0.39, 0.29) is 0 Å². The molecule has 1 saturated heterocycles. The summed E-state index contributed by atoms with van der Waals surface area (Å²) in [5.41, 5.74) is 2.27. The minimum absolute atomic E-state index is 0.584. The second-order valence-electron chi connectivity index (χ2n) is 3.43. The van der Waals surface area contributed by atoms with Gasteiger partial charge in [-0.3, -0.25) is 0 Å². The number of hydrogen-bond acceptors (Lipinski definition) is 2. The Kier molecular flexibility index (Phi) is 2.40. The SMILES string of the molecule is Cc1nc(Cl)ccc1N1CCCC1. The molecule has 1 aromatic heterocycles. The smallest absolute Gasteiger partial charge is 0.129 e. The number of anilines is 1. The Hall–Kier alpha value is -0.760. The number of aryl methyl sites for hydroxylation is 1. The minimum Gasteiger partial charge on any atom is -0.370 e. The molecule has 0 N–H and O–H groups in total. The maximum atomic E-state index is 5.79. The Labute approximate surface area is 83.5 Å². The van der Waals surface area contributed by atoms with Crippen LogP contribution < -0.4 is 4.90 Å². The molecule has 13 heavy (non-hydrogen) atoms. The van der Waals surface area contributed by atoms with Crippen molar-refractivity contribution < 1.29 is 0 Å². The summed E-state index contributed by atoms with van der Waals surface area (Å²) in [6.45, 7) is 4.33. The monoisotopic (exact) mass is 196 g/mol. The highest BCUT2D eigenvalue weighted by Gasteiger charge is 2.14. The Bertz CT molecular complexity index is 306. The van der Waals surface area contributed by atoms with E-state index in [0.717, 1.165) is 18.8 Å². The molecule has 0 unspecified atom stereocenters. The average Bonchev–Trinajstić information content (AvgIpc) is 2.56. The molecule has 2 rings (SSSR count). The summed E-state index contributed by atoms with van der Waals surface area (Å²) in [6.07, 6.45) is 2.59. The fraction of sp³-hybridized carbons (Fsp3) is 0.500. The van der Waals surface area contributed by atoms with Gasteiger partial charge in [-0.15, -0.1) is 0 Å². The van der Waals surface area contributed by atoms with Crippen LogP contribution in [-0.4, -0.2) is 18.1 Å². The zero-order chi connectivity index (χ0) is 9.26. The number of nitrogens with zero attached hydrogens (tertiary/aromatic N) is 2. The van der Waals surface area contributed by atoms with Crippen LogP contribution in [0.3, 0.4) is 0 Å². The van der Waals surface area contributed by atoms with Crippen molar-refractivity contribution in [2.75, 3.05) is 18.0 Å². The highest BCUT2D eigenvalue weighted by molar-refractivity contribution is 6.29. The molecule has 1 aliphatic rings. The fourth-order valence-corrected chi connectivity index (χ4v) is 2.01. The summed E-state index contributed by atoms with van der Waals surface area (Å²) >= 11 is 5.79. The summed E-state index contributed by atoms with van der Waals surface area (Å²) in [4.78, 5) is 6.62. The first-order chi connectivity index (χ1) is 6.27. The van der Waals surface area contributed by atoms with E-state index in [9.17, 15) is 0 Å². The van der Waals surface area contributed by atoms with Crippen LogP contribution in [0.15, 0.2) is 12.1 Å². The first-order valence-electron chi connectivity index (χ1n) is 4.65. The predicted octanol–water partition coefficient (Wildman–Crippen LogP) is 2.64. The molecule has 0 aliphatic carbocycles. The zero-order valence-electron chi connectivity index (χ0n) is 7.76. The highest BCUT2D eigenvalue weighted by atomic mass is 35.5. The molecule has 0 radical (unpaired) electrons. The summed E-state index contributed by atoms with van der Waals surface area (Å²) < 4.78 is 0. The Balaban J connectivity index is 2.29. The van der Waals surface area contributed by atoms with Crippen LogP contribution in [-0.2, 0) is 0 Å². The van der Waals surface area contributed by atoms with Gasteiger partial charge in [0.15, 0.2) is 0 Å². The Morgan fingerprint density at radius 3 is 2.62 bits per heavy atom. The first kappa shape index (κ1) is 8.82. The molecule has 0 atom stereocenters. The van der Waals surface area contributed by atoms with Gasteiger partial charge in [0.1, 0.15) is 5.15 Å². The largest absolute Gasteiger partial charge is 0.370 e. The first-order valence-corrected chi connectivity index (χ1v) is 5.03. The molecular formula is C10H13ClN2. The van der Waals surface area contributed by atoms with E-state index in [1.54, 1.807) is 0 Å². The van der Waals surface area contributed by atoms with Gasteiger partial charge in [0.25, 0.3) is 0 Å². The molecule has 2 heterocycles. The number of hydrogen-bond donors (Lipinski definition) is 0. The van der Waals surface area contributed by atoms with Gasteiger partial charge in [-0.1, -0.05) is 11.6 Å². The van der Waals surface area contributed by atoms with Gasteiger partial charge in [0, 0.05) is 13.1 Å². The maximum absolute atomic E-state index is 5.79. The van der Waals surface area contributed by atoms with E-state index in [4.69, 9.17) is 11.6 Å². The molecular weight excluding hydrogens is 184 g/mol. The number of halogens is 1. The summed E-state index contributed by atoms with van der Waals surface area (Å²) in [7, 11) is 0. The van der Waals surface area contributed by atoms with Gasteiger partial charge < -0.3 is 4.90 Å². The van der Waals surface area contributed by atoms with Crippen LogP contribution in [0.1, 0.15) is 18.5 Å². The number of pyridine rings is 1. The fourth-order valence-electron chi connectivity index (χ4n) is 1.82. The van der Waals surface area contributed by atoms with Crippen molar-refractivity contribution in [3.63, 3.8) is 0 Å². The molecule has 0 saturated carbocycles. The lowest BCUT2D eigenvalue weighted by atomic mass is 10.3. The zero-order valence-corrected chi connectivity index (χ0v) is 8.51. The summed E-state index contributed by atoms with van der Waals surface area (Å²) in [5.74, 6) is 0. The second-order valence-corrected chi connectivity index (χ2v) is 3.82. The van der Waals surface area contributed by atoms with Crippen molar-refractivity contribution in [1.82, 2.24) is 4.98 Å². The Morgan fingerprint density at radius 2 is 2.00 bits per heavy atom. The lowest BCUT2D eigenvalue weighted by Gasteiger charge is -2.19. The van der Waals surface area contributed by atoms with Gasteiger partial charge in [-0.25, -0.2) is 4.98 Å². The standard InChI is InChI=1S/C10H13ClN2/c1-8-9(4-5-10(11)12-8)13-6-2-3-7-13/h4-5H,2-3,6-7H2,1H3. The topological polar surface area (TPSA) is 16.1 Å². The van der Waals surface area contributed by atoms with E-state index < -0.39 is 0 Å². The number of rotatable bonds is 1. The van der Waals surface area contributed by atoms with Crippen molar-refractivity contribution in [1.29, 1.82) is 0 Å². The Morgan fingerprint density at radius 1 is 1.31 bits per heavy atom.